The summed E-state index contributed by atoms with van der Waals surface area (Å²) in [6.45, 7) is 0.507. The van der Waals surface area contributed by atoms with Gasteiger partial charge in [0.1, 0.15) is 12.1 Å². The first-order chi connectivity index (χ1) is 9.53. The normalized spacial score (nSPS) is 12.2. The molecular weight excluding hydrogens is 276 g/mol. The summed E-state index contributed by atoms with van der Waals surface area (Å²) in [6, 6.07) is 10.0. The summed E-state index contributed by atoms with van der Waals surface area (Å²) in [5.74, 6) is -0.329. The van der Waals surface area contributed by atoms with E-state index in [1.807, 2.05) is 41.2 Å². The molecule has 5 nitrogen and oxygen atoms in total. The number of nitrogens with zero attached hydrogens (tertiary/aromatic N) is 1. The molecule has 2 heterocycles. The van der Waals surface area contributed by atoms with Crippen LogP contribution in [-0.2, 0) is 16.7 Å². The Labute approximate surface area is 116 Å². The van der Waals surface area contributed by atoms with E-state index >= 15 is 0 Å². The number of H-pyrrole nitrogens is 1. The van der Waals surface area contributed by atoms with E-state index < -0.39 is 10.1 Å². The van der Waals surface area contributed by atoms with Crippen LogP contribution in [0.5, 0.6) is 0 Å². The summed E-state index contributed by atoms with van der Waals surface area (Å²) < 4.78 is 33.6. The molecular formula is C14H14N2O3S. The molecule has 20 heavy (non-hydrogen) atoms. The molecule has 0 aliphatic heterocycles. The largest absolute Gasteiger partial charge is 0.748 e. The van der Waals surface area contributed by atoms with Crippen molar-refractivity contribution in [3.8, 4) is 0 Å². The van der Waals surface area contributed by atoms with Crippen LogP contribution in [0.1, 0.15) is 6.42 Å². The van der Waals surface area contributed by atoms with Crippen molar-refractivity contribution in [3.05, 3.63) is 42.7 Å². The van der Waals surface area contributed by atoms with Gasteiger partial charge in [-0.25, -0.2) is 13.0 Å². The summed E-state index contributed by atoms with van der Waals surface area (Å²) in [4.78, 5) is 3.32. The van der Waals surface area contributed by atoms with Crippen molar-refractivity contribution in [2.75, 3.05) is 5.75 Å². The highest BCUT2D eigenvalue weighted by molar-refractivity contribution is 7.85. The lowest BCUT2D eigenvalue weighted by atomic mass is 10.2. The molecule has 0 fully saturated rings. The summed E-state index contributed by atoms with van der Waals surface area (Å²) in [7, 11) is -4.13. The summed E-state index contributed by atoms with van der Waals surface area (Å²) in [6.07, 6.45) is 4.16. The summed E-state index contributed by atoms with van der Waals surface area (Å²) >= 11 is 0. The molecule has 0 amide bonds. The van der Waals surface area contributed by atoms with E-state index in [9.17, 15) is 13.0 Å². The molecule has 1 N–H and O–H groups in total. The molecule has 0 atom stereocenters. The molecule has 0 saturated heterocycles. The summed E-state index contributed by atoms with van der Waals surface area (Å²) in [5, 5.41) is 2.30. The van der Waals surface area contributed by atoms with Gasteiger partial charge < -0.3 is 9.54 Å². The van der Waals surface area contributed by atoms with Gasteiger partial charge in [-0.2, -0.15) is 0 Å². The highest BCUT2D eigenvalue weighted by Crippen LogP contribution is 2.23. The molecule has 0 radical (unpaired) electrons. The van der Waals surface area contributed by atoms with Crippen LogP contribution < -0.4 is 4.57 Å². The first kappa shape index (κ1) is 13.1. The van der Waals surface area contributed by atoms with Crippen molar-refractivity contribution >= 4 is 31.9 Å². The Kier molecular flexibility index (Phi) is 3.19. The maximum Gasteiger partial charge on any atom is 0.193 e. The van der Waals surface area contributed by atoms with Crippen molar-refractivity contribution < 1.29 is 17.5 Å². The first-order valence-electron chi connectivity index (χ1n) is 6.36. The fourth-order valence-electron chi connectivity index (χ4n) is 2.41. The Morgan fingerprint density at radius 2 is 1.85 bits per heavy atom. The van der Waals surface area contributed by atoms with Gasteiger partial charge in [0.05, 0.1) is 10.1 Å². The van der Waals surface area contributed by atoms with E-state index in [4.69, 9.17) is 0 Å². The van der Waals surface area contributed by atoms with Gasteiger partial charge in [-0.3, -0.25) is 0 Å². The van der Waals surface area contributed by atoms with Crippen molar-refractivity contribution in [3.63, 3.8) is 0 Å². The molecule has 0 aliphatic rings. The molecule has 6 heteroatoms. The van der Waals surface area contributed by atoms with E-state index in [1.54, 1.807) is 0 Å². The van der Waals surface area contributed by atoms with Crippen LogP contribution in [0, 0.1) is 0 Å². The number of aromatic amines is 1. The van der Waals surface area contributed by atoms with Gasteiger partial charge in [-0.05, 0) is 6.07 Å². The maximum absolute atomic E-state index is 10.6. The topological polar surface area (TPSA) is 76.9 Å². The zero-order valence-electron chi connectivity index (χ0n) is 10.7. The second kappa shape index (κ2) is 4.88. The third-order valence-electron chi connectivity index (χ3n) is 3.31. The number of pyridine rings is 1. The third kappa shape index (κ3) is 2.66. The molecule has 0 aliphatic carbocycles. The quantitative estimate of drug-likeness (QED) is 0.585. The van der Waals surface area contributed by atoms with Crippen molar-refractivity contribution in [2.45, 2.75) is 13.0 Å². The van der Waals surface area contributed by atoms with Gasteiger partial charge in [-0.1, -0.05) is 18.2 Å². The van der Waals surface area contributed by atoms with Crippen LogP contribution in [0.25, 0.3) is 21.8 Å². The standard InChI is InChI=1S/C14H14N2O3S/c17-20(18,19)9-3-7-16-8-6-12-11-4-1-2-5-13(11)15-14(12)10-16/h1-2,4-6,8,10H,3,7,9H2,(H,17,18,19). The monoisotopic (exact) mass is 290 g/mol. The van der Waals surface area contributed by atoms with Crippen molar-refractivity contribution in [1.29, 1.82) is 0 Å². The minimum absolute atomic E-state index is 0.322. The maximum atomic E-state index is 10.6. The van der Waals surface area contributed by atoms with Crippen molar-refractivity contribution in [1.82, 2.24) is 4.98 Å². The van der Waals surface area contributed by atoms with Crippen LogP contribution >= 0.6 is 0 Å². The number of hydrogen-bond acceptors (Lipinski definition) is 3. The second-order valence-corrected chi connectivity index (χ2v) is 6.32. The number of hydrogen-bond donors (Lipinski definition) is 1. The van der Waals surface area contributed by atoms with E-state index in [-0.39, 0.29) is 5.75 Å². The fourth-order valence-corrected chi connectivity index (χ4v) is 2.89. The highest BCUT2D eigenvalue weighted by atomic mass is 32.2. The number of aryl methyl sites for hydroxylation is 1. The molecule has 0 unspecified atom stereocenters. The number of para-hydroxylation sites is 1. The minimum atomic E-state index is -4.13. The second-order valence-electron chi connectivity index (χ2n) is 4.80. The number of benzene rings is 1. The highest BCUT2D eigenvalue weighted by Gasteiger charge is 2.09. The Morgan fingerprint density at radius 1 is 1.10 bits per heavy atom. The lowest BCUT2D eigenvalue weighted by molar-refractivity contribution is -0.695. The van der Waals surface area contributed by atoms with Crippen LogP contribution in [0.2, 0.25) is 0 Å². The van der Waals surface area contributed by atoms with Crippen LogP contribution in [0.4, 0.5) is 0 Å². The van der Waals surface area contributed by atoms with Crippen LogP contribution in [0.15, 0.2) is 42.7 Å². The van der Waals surface area contributed by atoms with E-state index in [1.165, 1.54) is 0 Å². The van der Waals surface area contributed by atoms with E-state index in [2.05, 4.69) is 11.1 Å². The SMILES string of the molecule is O=S(=O)([O-])CCC[n+]1ccc2c(c1)[nH]c1ccccc12. The van der Waals surface area contributed by atoms with Crippen molar-refractivity contribution in [2.24, 2.45) is 0 Å². The number of fused-ring (bicyclic) bond motifs is 3. The van der Waals surface area contributed by atoms with Gasteiger partial charge in [0.2, 0.25) is 0 Å². The van der Waals surface area contributed by atoms with Gasteiger partial charge in [0.25, 0.3) is 0 Å². The predicted molar refractivity (Wildman–Crippen MR) is 75.2 cm³/mol. The molecule has 0 bridgehead atoms. The number of aromatic nitrogens is 2. The van der Waals surface area contributed by atoms with E-state index in [0.29, 0.717) is 13.0 Å². The van der Waals surface area contributed by atoms with E-state index in [0.717, 1.165) is 21.8 Å². The zero-order valence-corrected chi connectivity index (χ0v) is 11.6. The van der Waals surface area contributed by atoms with Crippen LogP contribution in [-0.4, -0.2) is 23.7 Å². The third-order valence-corrected chi connectivity index (χ3v) is 4.10. The minimum Gasteiger partial charge on any atom is -0.748 e. The molecule has 104 valence electrons. The van der Waals surface area contributed by atoms with Gasteiger partial charge in [0.15, 0.2) is 12.4 Å². The Morgan fingerprint density at radius 3 is 2.65 bits per heavy atom. The average Bonchev–Trinajstić information content (AvgIpc) is 2.74. The van der Waals surface area contributed by atoms with Gasteiger partial charge in [0, 0.05) is 34.5 Å². The molecule has 3 aromatic rings. The molecule has 0 spiro atoms. The number of rotatable bonds is 4. The predicted octanol–water partition coefficient (Wildman–Crippen LogP) is 1.54. The Balaban J connectivity index is 1.89. The average molecular weight is 290 g/mol. The zero-order chi connectivity index (χ0) is 14.2. The van der Waals surface area contributed by atoms with Gasteiger partial charge in [-0.15, -0.1) is 0 Å². The number of nitrogens with one attached hydrogen (secondary N) is 1. The molecule has 0 saturated carbocycles. The molecule has 1 aromatic carbocycles. The smallest absolute Gasteiger partial charge is 0.193 e. The fraction of sp³-hybridized carbons (Fsp3) is 0.214. The first-order valence-corrected chi connectivity index (χ1v) is 7.94. The molecule has 3 rings (SSSR count). The molecule has 2 aromatic heterocycles. The van der Waals surface area contributed by atoms with Crippen LogP contribution in [0.3, 0.4) is 0 Å². The Bertz CT molecular complexity index is 868. The lowest BCUT2D eigenvalue weighted by Gasteiger charge is -2.03. The Hall–Kier alpha value is -1.92. The van der Waals surface area contributed by atoms with Gasteiger partial charge >= 0.3 is 0 Å². The lowest BCUT2D eigenvalue weighted by Crippen LogP contribution is -2.33. The summed E-state index contributed by atoms with van der Waals surface area (Å²) in [5.41, 5.74) is 2.07.